The Hall–Kier alpha value is -0.900. The normalized spacial score (nSPS) is 47.8. The van der Waals surface area contributed by atoms with Crippen LogP contribution in [0, 0.1) is 17.8 Å². The van der Waals surface area contributed by atoms with Crippen LogP contribution in [0.5, 0.6) is 0 Å². The van der Waals surface area contributed by atoms with E-state index < -0.39 is 5.60 Å². The molecule has 7 unspecified atom stereocenters. The molecule has 0 heterocycles. The minimum Gasteiger partial charge on any atom is -0.387 e. The first-order valence-electron chi connectivity index (χ1n) is 8.01. The number of ether oxygens (including phenoxy) is 2. The summed E-state index contributed by atoms with van der Waals surface area (Å²) < 4.78 is 11.6. The van der Waals surface area contributed by atoms with Crippen LogP contribution in [0.2, 0.25) is 0 Å². The van der Waals surface area contributed by atoms with E-state index in [0.717, 1.165) is 19.3 Å². The van der Waals surface area contributed by atoms with E-state index in [0.29, 0.717) is 23.7 Å². The van der Waals surface area contributed by atoms with Gasteiger partial charge in [0.25, 0.3) is 0 Å². The Morgan fingerprint density at radius 1 is 1.05 bits per heavy atom. The molecule has 21 heavy (non-hydrogen) atoms. The Labute approximate surface area is 126 Å². The molecule has 0 radical (unpaired) electrons. The summed E-state index contributed by atoms with van der Waals surface area (Å²) in [7, 11) is 3.58. The SMILES string of the molecule is COC1C2CC3C(c4ccccc4)C1CC(O)(C2)C3OC. The van der Waals surface area contributed by atoms with Crippen molar-refractivity contribution in [3.05, 3.63) is 35.9 Å². The van der Waals surface area contributed by atoms with Gasteiger partial charge in [0.1, 0.15) is 0 Å². The van der Waals surface area contributed by atoms with Gasteiger partial charge in [0.15, 0.2) is 0 Å². The molecule has 4 saturated carbocycles. The van der Waals surface area contributed by atoms with E-state index in [2.05, 4.69) is 30.3 Å². The first kappa shape index (κ1) is 13.7. The molecular weight excluding hydrogens is 264 g/mol. The van der Waals surface area contributed by atoms with Crippen molar-refractivity contribution in [2.24, 2.45) is 17.8 Å². The second kappa shape index (κ2) is 4.80. The van der Waals surface area contributed by atoms with Gasteiger partial charge in [-0.15, -0.1) is 0 Å². The van der Waals surface area contributed by atoms with Gasteiger partial charge in [-0.1, -0.05) is 30.3 Å². The molecule has 0 aromatic heterocycles. The number of methoxy groups -OCH3 is 2. The average Bonchev–Trinajstić information content (AvgIpc) is 2.47. The number of hydrogen-bond donors (Lipinski definition) is 1. The van der Waals surface area contributed by atoms with E-state index >= 15 is 0 Å². The number of aliphatic hydroxyl groups is 1. The predicted molar refractivity (Wildman–Crippen MR) is 80.0 cm³/mol. The highest BCUT2D eigenvalue weighted by molar-refractivity contribution is 5.28. The molecule has 4 bridgehead atoms. The summed E-state index contributed by atoms with van der Waals surface area (Å²) in [5, 5.41) is 11.1. The number of rotatable bonds is 3. The van der Waals surface area contributed by atoms with Gasteiger partial charge in [-0.05, 0) is 48.5 Å². The van der Waals surface area contributed by atoms with Gasteiger partial charge in [0.05, 0.1) is 17.8 Å². The van der Waals surface area contributed by atoms with E-state index in [1.807, 2.05) is 7.11 Å². The fourth-order valence-corrected chi connectivity index (χ4v) is 5.76. The van der Waals surface area contributed by atoms with E-state index in [1.165, 1.54) is 5.56 Å². The summed E-state index contributed by atoms with van der Waals surface area (Å²) in [6.45, 7) is 0. The van der Waals surface area contributed by atoms with Crippen molar-refractivity contribution in [2.75, 3.05) is 14.2 Å². The quantitative estimate of drug-likeness (QED) is 0.929. The van der Waals surface area contributed by atoms with Crippen molar-refractivity contribution in [1.29, 1.82) is 0 Å². The molecule has 0 spiro atoms. The Bertz CT molecular complexity index is 514. The third-order valence-electron chi connectivity index (χ3n) is 6.22. The van der Waals surface area contributed by atoms with Crippen LogP contribution >= 0.6 is 0 Å². The lowest BCUT2D eigenvalue weighted by Crippen LogP contribution is -2.67. The van der Waals surface area contributed by atoms with Gasteiger partial charge < -0.3 is 14.6 Å². The lowest BCUT2D eigenvalue weighted by atomic mass is 9.46. The van der Waals surface area contributed by atoms with Crippen LogP contribution in [0.25, 0.3) is 0 Å². The molecule has 1 aromatic rings. The lowest BCUT2D eigenvalue weighted by molar-refractivity contribution is -0.254. The molecule has 4 fully saturated rings. The molecule has 3 heteroatoms. The molecule has 114 valence electrons. The minimum absolute atomic E-state index is 0.0342. The molecule has 1 aromatic carbocycles. The van der Waals surface area contributed by atoms with Crippen LogP contribution < -0.4 is 0 Å². The van der Waals surface area contributed by atoms with Gasteiger partial charge >= 0.3 is 0 Å². The third-order valence-corrected chi connectivity index (χ3v) is 6.22. The highest BCUT2D eigenvalue weighted by Crippen LogP contribution is 2.62. The summed E-state index contributed by atoms with van der Waals surface area (Å²) >= 11 is 0. The Kier molecular flexibility index (Phi) is 3.14. The van der Waals surface area contributed by atoms with Gasteiger partial charge in [-0.3, -0.25) is 0 Å². The molecule has 0 amide bonds. The summed E-state index contributed by atoms with van der Waals surface area (Å²) in [5.41, 5.74) is 0.729. The van der Waals surface area contributed by atoms with Crippen molar-refractivity contribution in [3.63, 3.8) is 0 Å². The van der Waals surface area contributed by atoms with E-state index in [4.69, 9.17) is 9.47 Å². The molecule has 5 rings (SSSR count). The van der Waals surface area contributed by atoms with Crippen LogP contribution in [0.1, 0.15) is 30.7 Å². The monoisotopic (exact) mass is 288 g/mol. The Balaban J connectivity index is 1.77. The fourth-order valence-electron chi connectivity index (χ4n) is 5.76. The minimum atomic E-state index is -0.646. The first-order valence-corrected chi connectivity index (χ1v) is 8.01. The molecule has 0 saturated heterocycles. The Morgan fingerprint density at radius 3 is 2.48 bits per heavy atom. The van der Waals surface area contributed by atoms with Crippen molar-refractivity contribution >= 4 is 0 Å². The maximum atomic E-state index is 11.1. The van der Waals surface area contributed by atoms with Gasteiger partial charge in [0, 0.05) is 14.2 Å². The standard InChI is InChI=1S/C18H24O3/c1-20-16-12-8-13-15(11-6-4-3-5-7-11)14(16)10-18(19,9-12)17(13)21-2/h3-7,12-17,19H,8-10H2,1-2H3. The molecule has 4 aliphatic carbocycles. The molecule has 4 aliphatic rings. The summed E-state index contributed by atoms with van der Waals surface area (Å²) in [6.07, 6.45) is 2.99. The molecule has 0 aliphatic heterocycles. The Morgan fingerprint density at radius 2 is 1.81 bits per heavy atom. The molecule has 1 N–H and O–H groups in total. The second-order valence-electron chi connectivity index (χ2n) is 7.13. The third kappa shape index (κ3) is 1.84. The number of benzene rings is 1. The zero-order valence-electron chi connectivity index (χ0n) is 12.7. The zero-order chi connectivity index (χ0) is 14.6. The summed E-state index contributed by atoms with van der Waals surface area (Å²) in [5.74, 6) is 1.74. The van der Waals surface area contributed by atoms with Gasteiger partial charge in [-0.2, -0.15) is 0 Å². The van der Waals surface area contributed by atoms with Crippen molar-refractivity contribution in [3.8, 4) is 0 Å². The fraction of sp³-hybridized carbons (Fsp3) is 0.667. The van der Waals surface area contributed by atoms with Crippen LogP contribution in [-0.2, 0) is 9.47 Å². The lowest BCUT2D eigenvalue weighted by Gasteiger charge is -2.63. The van der Waals surface area contributed by atoms with Gasteiger partial charge in [-0.25, -0.2) is 0 Å². The van der Waals surface area contributed by atoms with Crippen LogP contribution in [0.3, 0.4) is 0 Å². The van der Waals surface area contributed by atoms with Gasteiger partial charge in [0.2, 0.25) is 0 Å². The molecular formula is C18H24O3. The number of hydrogen-bond acceptors (Lipinski definition) is 3. The first-order chi connectivity index (χ1) is 10.2. The topological polar surface area (TPSA) is 38.7 Å². The second-order valence-corrected chi connectivity index (χ2v) is 7.13. The van der Waals surface area contributed by atoms with Crippen molar-refractivity contribution in [1.82, 2.24) is 0 Å². The summed E-state index contributed by atoms with van der Waals surface area (Å²) in [4.78, 5) is 0. The van der Waals surface area contributed by atoms with Crippen molar-refractivity contribution < 1.29 is 14.6 Å². The van der Waals surface area contributed by atoms with E-state index in [-0.39, 0.29) is 12.2 Å². The maximum Gasteiger partial charge on any atom is 0.0918 e. The molecule has 7 atom stereocenters. The highest BCUT2D eigenvalue weighted by Gasteiger charge is 2.64. The summed E-state index contributed by atoms with van der Waals surface area (Å²) in [6, 6.07) is 10.7. The van der Waals surface area contributed by atoms with Crippen LogP contribution in [0.15, 0.2) is 30.3 Å². The average molecular weight is 288 g/mol. The zero-order valence-corrected chi connectivity index (χ0v) is 12.7. The molecule has 3 nitrogen and oxygen atoms in total. The predicted octanol–water partition coefficient (Wildman–Crippen LogP) is 2.59. The van der Waals surface area contributed by atoms with Crippen LogP contribution in [0.4, 0.5) is 0 Å². The van der Waals surface area contributed by atoms with Crippen LogP contribution in [-0.4, -0.2) is 37.1 Å². The smallest absolute Gasteiger partial charge is 0.0918 e. The van der Waals surface area contributed by atoms with E-state index in [1.54, 1.807) is 7.11 Å². The largest absolute Gasteiger partial charge is 0.387 e. The maximum absolute atomic E-state index is 11.1. The highest BCUT2D eigenvalue weighted by atomic mass is 16.5. The van der Waals surface area contributed by atoms with Crippen molar-refractivity contribution in [2.45, 2.75) is 43.0 Å². The van der Waals surface area contributed by atoms with E-state index in [9.17, 15) is 5.11 Å².